The zero-order valence-corrected chi connectivity index (χ0v) is 15.7. The highest BCUT2D eigenvalue weighted by Gasteiger charge is 2.96. The van der Waals surface area contributed by atoms with Gasteiger partial charge in [-0.3, -0.25) is 0 Å². The second kappa shape index (κ2) is 7.49. The third-order valence-electron chi connectivity index (χ3n) is 4.07. The zero-order valence-electron chi connectivity index (χ0n) is 14.7. The molecule has 0 saturated heterocycles. The molecule has 0 aliphatic carbocycles. The van der Waals surface area contributed by atoms with Crippen LogP contribution in [0.25, 0.3) is 0 Å². The van der Waals surface area contributed by atoms with Gasteiger partial charge in [0, 0.05) is 14.2 Å². The lowest BCUT2D eigenvalue weighted by Crippen LogP contribution is -2.77. The number of alkyl halides is 17. The van der Waals surface area contributed by atoms with Crippen LogP contribution in [0.1, 0.15) is 0 Å². The molecular weight excluding hydrogens is 515 g/mol. The van der Waals surface area contributed by atoms with E-state index in [1.807, 2.05) is 0 Å². The van der Waals surface area contributed by atoms with E-state index in [2.05, 4.69) is 8.85 Å². The van der Waals surface area contributed by atoms with E-state index >= 15 is 0 Å². The summed E-state index contributed by atoms with van der Waals surface area (Å²) < 4.78 is 230. The average molecular weight is 524 g/mol. The van der Waals surface area contributed by atoms with Crippen molar-refractivity contribution in [2.24, 2.45) is 0 Å². The Morgan fingerprint density at radius 3 is 0.871 bits per heavy atom. The Bertz CT molecular complexity index is 651. The number of rotatable bonds is 9. The SMILES string of the molecule is CO[Si](C)(OC)C(F)(F)C(F)(F)C(F)(F)C(F)(F)C(F)(F)C(F)(F)C(F)(F)C(F)(F)F. The lowest BCUT2D eigenvalue weighted by molar-refractivity contribution is -0.459. The molecule has 0 unspecified atom stereocenters. The third kappa shape index (κ3) is 3.55. The first-order chi connectivity index (χ1) is 13.1. The van der Waals surface area contributed by atoms with E-state index in [0.29, 0.717) is 0 Å². The minimum atomic E-state index is -8.65. The van der Waals surface area contributed by atoms with Gasteiger partial charge in [-0.2, -0.15) is 74.6 Å². The highest BCUT2D eigenvalue weighted by molar-refractivity contribution is 6.68. The Morgan fingerprint density at radius 2 is 0.645 bits per heavy atom. The van der Waals surface area contributed by atoms with Crippen molar-refractivity contribution in [3.63, 3.8) is 0 Å². The average Bonchev–Trinajstić information content (AvgIpc) is 2.58. The van der Waals surface area contributed by atoms with Crippen LogP contribution in [0.4, 0.5) is 74.6 Å². The second-order valence-electron chi connectivity index (χ2n) is 5.87. The second-order valence-corrected chi connectivity index (χ2v) is 9.21. The van der Waals surface area contributed by atoms with Crippen molar-refractivity contribution >= 4 is 8.56 Å². The molecule has 0 atom stereocenters. The molecule has 0 bridgehead atoms. The summed E-state index contributed by atoms with van der Waals surface area (Å²) in [7, 11) is -5.91. The Labute approximate surface area is 161 Å². The monoisotopic (exact) mass is 524 g/mol. The Hall–Kier alpha value is -1.05. The highest BCUT2D eigenvalue weighted by Crippen LogP contribution is 2.64. The molecule has 0 aromatic carbocycles. The predicted octanol–water partition coefficient (Wildman–Crippen LogP) is 5.90. The van der Waals surface area contributed by atoms with Crippen LogP contribution in [0.15, 0.2) is 0 Å². The molecule has 20 heteroatoms. The molecule has 0 aliphatic rings. The lowest BCUT2D eigenvalue weighted by Gasteiger charge is -2.44. The zero-order chi connectivity index (χ0) is 25.9. The van der Waals surface area contributed by atoms with Crippen LogP contribution in [0.5, 0.6) is 0 Å². The van der Waals surface area contributed by atoms with Crippen LogP contribution in [-0.4, -0.2) is 70.0 Å². The number of hydrogen-bond acceptors (Lipinski definition) is 2. The van der Waals surface area contributed by atoms with Gasteiger partial charge < -0.3 is 8.85 Å². The summed E-state index contributed by atoms with van der Waals surface area (Å²) in [5.74, 6) is -50.1. The van der Waals surface area contributed by atoms with Crippen molar-refractivity contribution < 1.29 is 83.5 Å². The summed E-state index contributed by atoms with van der Waals surface area (Å²) in [6, 6.07) is 0. The van der Waals surface area contributed by atoms with Gasteiger partial charge in [0.25, 0.3) is 0 Å². The van der Waals surface area contributed by atoms with Crippen LogP contribution in [-0.2, 0) is 8.85 Å². The van der Waals surface area contributed by atoms with Crippen molar-refractivity contribution in [2.45, 2.75) is 53.8 Å². The Balaban J connectivity index is 6.91. The van der Waals surface area contributed by atoms with E-state index in [9.17, 15) is 74.6 Å². The smallest absolute Gasteiger partial charge is 0.394 e. The van der Waals surface area contributed by atoms with Gasteiger partial charge in [0.2, 0.25) is 0 Å². The summed E-state index contributed by atoms with van der Waals surface area (Å²) in [6.07, 6.45) is -7.78. The van der Waals surface area contributed by atoms with Crippen LogP contribution in [0, 0.1) is 0 Å². The molecule has 0 aromatic rings. The molecule has 2 nitrogen and oxygen atoms in total. The molecule has 0 N–H and O–H groups in total. The molecule has 0 aromatic heterocycles. The molecule has 0 spiro atoms. The maximum Gasteiger partial charge on any atom is 0.460 e. The van der Waals surface area contributed by atoms with Crippen LogP contribution < -0.4 is 0 Å². The Morgan fingerprint density at radius 1 is 0.419 bits per heavy atom. The first kappa shape index (κ1) is 29.9. The quantitative estimate of drug-likeness (QED) is 0.277. The largest absolute Gasteiger partial charge is 0.460 e. The first-order valence-corrected chi connectivity index (χ1v) is 9.25. The minimum Gasteiger partial charge on any atom is -0.394 e. The Kier molecular flexibility index (Phi) is 7.23. The van der Waals surface area contributed by atoms with Crippen molar-refractivity contribution in [1.82, 2.24) is 0 Å². The standard InChI is InChI=1S/C11H9F17O2Si/c1-29-31(3,30-2)11(27,28)9(22,23)7(18,19)5(14,15)4(12,13)6(16,17)8(20,21)10(24,25)26/h1-3H3. The van der Waals surface area contributed by atoms with Crippen molar-refractivity contribution in [3.05, 3.63) is 0 Å². The maximum atomic E-state index is 13.9. The van der Waals surface area contributed by atoms with E-state index in [1.165, 1.54) is 0 Å². The summed E-state index contributed by atoms with van der Waals surface area (Å²) >= 11 is 0. The molecule has 0 amide bonds. The van der Waals surface area contributed by atoms with Crippen molar-refractivity contribution in [1.29, 1.82) is 0 Å². The van der Waals surface area contributed by atoms with Gasteiger partial charge in [0.05, 0.1) is 0 Å². The molecule has 0 radical (unpaired) electrons. The number of hydrogen-bond donors (Lipinski definition) is 0. The van der Waals surface area contributed by atoms with Crippen LogP contribution in [0.2, 0.25) is 6.55 Å². The van der Waals surface area contributed by atoms with E-state index in [-0.39, 0.29) is 20.8 Å². The summed E-state index contributed by atoms with van der Waals surface area (Å²) in [6.45, 7) is -0.195. The molecule has 0 saturated carbocycles. The van der Waals surface area contributed by atoms with Gasteiger partial charge >= 0.3 is 55.8 Å². The van der Waals surface area contributed by atoms with Crippen molar-refractivity contribution in [3.8, 4) is 0 Å². The summed E-state index contributed by atoms with van der Waals surface area (Å²) in [5, 5.41) is 0. The maximum absolute atomic E-state index is 13.9. The minimum absolute atomic E-state index is 0.0859. The molecule has 0 fully saturated rings. The van der Waals surface area contributed by atoms with Gasteiger partial charge in [-0.25, -0.2) is 0 Å². The molecule has 188 valence electrons. The molecule has 0 heterocycles. The third-order valence-corrected chi connectivity index (χ3v) is 7.08. The van der Waals surface area contributed by atoms with Gasteiger partial charge in [0.15, 0.2) is 0 Å². The highest BCUT2D eigenvalue weighted by atomic mass is 28.4. The fourth-order valence-corrected chi connectivity index (χ4v) is 3.20. The van der Waals surface area contributed by atoms with Crippen LogP contribution >= 0.6 is 0 Å². The van der Waals surface area contributed by atoms with Gasteiger partial charge in [-0.05, 0) is 6.55 Å². The van der Waals surface area contributed by atoms with E-state index < -0.39 is 55.8 Å². The molecule has 31 heavy (non-hydrogen) atoms. The molecular formula is C11H9F17O2Si. The fraction of sp³-hybridized carbons (Fsp3) is 1.00. The lowest BCUT2D eigenvalue weighted by atomic mass is 9.91. The van der Waals surface area contributed by atoms with E-state index in [0.717, 1.165) is 0 Å². The summed E-state index contributed by atoms with van der Waals surface area (Å²) in [4.78, 5) is 0. The predicted molar refractivity (Wildman–Crippen MR) is 66.3 cm³/mol. The van der Waals surface area contributed by atoms with Gasteiger partial charge in [0.1, 0.15) is 0 Å². The van der Waals surface area contributed by atoms with Gasteiger partial charge in [-0.15, -0.1) is 0 Å². The van der Waals surface area contributed by atoms with E-state index in [1.54, 1.807) is 0 Å². The summed E-state index contributed by atoms with van der Waals surface area (Å²) in [5.41, 5.74) is -6.66. The fourth-order valence-electron chi connectivity index (χ4n) is 1.79. The normalized spacial score (nSPS) is 16.6. The first-order valence-electron chi connectivity index (χ1n) is 6.94. The molecule has 0 aliphatic heterocycles. The van der Waals surface area contributed by atoms with Crippen LogP contribution in [0.3, 0.4) is 0 Å². The topological polar surface area (TPSA) is 18.5 Å². The van der Waals surface area contributed by atoms with Crippen molar-refractivity contribution in [2.75, 3.05) is 14.2 Å². The van der Waals surface area contributed by atoms with E-state index in [4.69, 9.17) is 0 Å². The van der Waals surface area contributed by atoms with Gasteiger partial charge in [-0.1, -0.05) is 0 Å². The molecule has 0 rings (SSSR count). The number of halogens is 17.